The molecular weight excluding hydrogens is 226 g/mol. The first kappa shape index (κ1) is 11.3. The Morgan fingerprint density at radius 1 is 1.38 bits per heavy atom. The molecule has 2 heteroatoms. The van der Waals surface area contributed by atoms with Gasteiger partial charge in [0.1, 0.15) is 0 Å². The van der Waals surface area contributed by atoms with Gasteiger partial charge in [-0.2, -0.15) is 0 Å². The van der Waals surface area contributed by atoms with Crippen LogP contribution < -0.4 is 0 Å². The first-order chi connectivity index (χ1) is 6.38. The van der Waals surface area contributed by atoms with Crippen LogP contribution in [0.4, 0.5) is 0 Å². The van der Waals surface area contributed by atoms with Crippen molar-refractivity contribution in [2.45, 2.75) is 38.6 Å². The Labute approximate surface area is 90.3 Å². The third-order valence-corrected chi connectivity index (χ3v) is 3.14. The van der Waals surface area contributed by atoms with Crippen molar-refractivity contribution in [3.63, 3.8) is 0 Å². The van der Waals surface area contributed by atoms with Crippen LogP contribution in [0.3, 0.4) is 0 Å². The van der Waals surface area contributed by atoms with E-state index < -0.39 is 0 Å². The van der Waals surface area contributed by atoms with Gasteiger partial charge in [-0.3, -0.25) is 4.90 Å². The molecule has 1 fully saturated rings. The molecule has 1 aliphatic carbocycles. The van der Waals surface area contributed by atoms with Gasteiger partial charge < -0.3 is 0 Å². The van der Waals surface area contributed by atoms with E-state index in [2.05, 4.69) is 39.9 Å². The zero-order valence-electron chi connectivity index (χ0n) is 8.51. The highest BCUT2D eigenvalue weighted by molar-refractivity contribution is 9.09. The smallest absolute Gasteiger partial charge is 0.0166 e. The van der Waals surface area contributed by atoms with Gasteiger partial charge in [0.25, 0.3) is 0 Å². The molecule has 0 aromatic carbocycles. The average molecular weight is 246 g/mol. The lowest BCUT2D eigenvalue weighted by Gasteiger charge is -2.26. The van der Waals surface area contributed by atoms with Gasteiger partial charge >= 0.3 is 0 Å². The normalized spacial score (nSPS) is 19.3. The van der Waals surface area contributed by atoms with Gasteiger partial charge in [0.15, 0.2) is 0 Å². The highest BCUT2D eigenvalue weighted by atomic mass is 79.9. The highest BCUT2D eigenvalue weighted by Gasteiger charge is 2.20. The molecule has 0 aromatic heterocycles. The van der Waals surface area contributed by atoms with E-state index in [1.807, 2.05) is 0 Å². The van der Waals surface area contributed by atoms with Crippen molar-refractivity contribution >= 4 is 15.9 Å². The van der Waals surface area contributed by atoms with Crippen LogP contribution in [0.2, 0.25) is 0 Å². The van der Waals surface area contributed by atoms with E-state index in [0.717, 1.165) is 17.9 Å². The molecule has 76 valence electrons. The molecular formula is C11H20BrN. The van der Waals surface area contributed by atoms with Crippen LogP contribution in [0.15, 0.2) is 12.2 Å². The minimum atomic E-state index is 0.855. The number of halogens is 1. The Bertz CT molecular complexity index is 150. The molecule has 0 aliphatic heterocycles. The second kappa shape index (κ2) is 6.61. The van der Waals surface area contributed by atoms with Gasteiger partial charge in [-0.1, -0.05) is 40.9 Å². The predicted octanol–water partition coefficient (Wildman–Crippen LogP) is 3.20. The topological polar surface area (TPSA) is 3.24 Å². The molecule has 0 radical (unpaired) electrons. The third kappa shape index (κ3) is 3.82. The van der Waals surface area contributed by atoms with Gasteiger partial charge in [-0.05, 0) is 19.8 Å². The maximum atomic E-state index is 3.52. The van der Waals surface area contributed by atoms with Crippen molar-refractivity contribution < 1.29 is 0 Å². The zero-order valence-corrected chi connectivity index (χ0v) is 10.1. The van der Waals surface area contributed by atoms with Crippen molar-refractivity contribution in [3.05, 3.63) is 12.2 Å². The van der Waals surface area contributed by atoms with Crippen LogP contribution >= 0.6 is 15.9 Å². The van der Waals surface area contributed by atoms with Crippen molar-refractivity contribution in [1.82, 2.24) is 4.90 Å². The lowest BCUT2D eigenvalue weighted by Crippen LogP contribution is -2.34. The molecule has 0 amide bonds. The summed E-state index contributed by atoms with van der Waals surface area (Å²) in [6.07, 6.45) is 10.1. The van der Waals surface area contributed by atoms with E-state index >= 15 is 0 Å². The van der Waals surface area contributed by atoms with Crippen LogP contribution in [0.1, 0.15) is 32.6 Å². The zero-order chi connectivity index (χ0) is 9.52. The number of hydrogen-bond acceptors (Lipinski definition) is 1. The minimum Gasteiger partial charge on any atom is -0.296 e. The van der Waals surface area contributed by atoms with Gasteiger partial charge in [-0.15, -0.1) is 0 Å². The van der Waals surface area contributed by atoms with Crippen molar-refractivity contribution in [2.24, 2.45) is 0 Å². The van der Waals surface area contributed by atoms with Crippen LogP contribution in [-0.4, -0.2) is 29.4 Å². The molecule has 13 heavy (non-hydrogen) atoms. The van der Waals surface area contributed by atoms with Crippen LogP contribution in [0.25, 0.3) is 0 Å². The molecule has 1 aliphatic rings. The molecule has 1 saturated carbocycles. The molecule has 0 saturated heterocycles. The standard InChI is InChI=1S/C11H20BrN/c1-2-3-9-13(10-8-12)11-6-4-5-7-11/h2-3,11H,4-10H2,1H3/b3-2+. The number of alkyl halides is 1. The minimum absolute atomic E-state index is 0.855. The number of nitrogens with zero attached hydrogens (tertiary/aromatic N) is 1. The fourth-order valence-corrected chi connectivity index (χ4v) is 2.50. The van der Waals surface area contributed by atoms with E-state index in [1.165, 1.54) is 32.2 Å². The summed E-state index contributed by atoms with van der Waals surface area (Å²) in [4.78, 5) is 2.60. The van der Waals surface area contributed by atoms with Crippen molar-refractivity contribution in [3.8, 4) is 0 Å². The molecule has 1 nitrogen and oxygen atoms in total. The molecule has 0 atom stereocenters. The van der Waals surface area contributed by atoms with Crippen molar-refractivity contribution in [2.75, 3.05) is 18.4 Å². The fraction of sp³-hybridized carbons (Fsp3) is 0.818. The van der Waals surface area contributed by atoms with E-state index in [0.29, 0.717) is 0 Å². The summed E-state index contributed by atoms with van der Waals surface area (Å²) in [6, 6.07) is 0.855. The third-order valence-electron chi connectivity index (χ3n) is 2.79. The van der Waals surface area contributed by atoms with Gasteiger partial charge in [0.05, 0.1) is 0 Å². The quantitative estimate of drug-likeness (QED) is 0.532. The Morgan fingerprint density at radius 3 is 2.62 bits per heavy atom. The summed E-state index contributed by atoms with van der Waals surface area (Å²) in [6.45, 7) is 4.42. The lowest BCUT2D eigenvalue weighted by atomic mass is 10.2. The number of allylic oxidation sites excluding steroid dienone is 1. The lowest BCUT2D eigenvalue weighted by molar-refractivity contribution is 0.234. The summed E-state index contributed by atoms with van der Waals surface area (Å²) in [5, 5.41) is 1.10. The number of rotatable bonds is 5. The second-order valence-electron chi connectivity index (χ2n) is 3.69. The summed E-state index contributed by atoms with van der Waals surface area (Å²) in [5.74, 6) is 0. The van der Waals surface area contributed by atoms with E-state index in [-0.39, 0.29) is 0 Å². The first-order valence-electron chi connectivity index (χ1n) is 5.29. The maximum Gasteiger partial charge on any atom is 0.0166 e. The monoisotopic (exact) mass is 245 g/mol. The Hall–Kier alpha value is 0.180. The maximum absolute atomic E-state index is 3.52. The van der Waals surface area contributed by atoms with Crippen molar-refractivity contribution in [1.29, 1.82) is 0 Å². The molecule has 0 unspecified atom stereocenters. The van der Waals surface area contributed by atoms with Gasteiger partial charge in [0.2, 0.25) is 0 Å². The summed E-state index contributed by atoms with van der Waals surface area (Å²) in [7, 11) is 0. The fourth-order valence-electron chi connectivity index (χ4n) is 2.04. The summed E-state index contributed by atoms with van der Waals surface area (Å²) in [5.41, 5.74) is 0. The van der Waals surface area contributed by atoms with E-state index in [9.17, 15) is 0 Å². The van der Waals surface area contributed by atoms with Crippen LogP contribution in [0.5, 0.6) is 0 Å². The van der Waals surface area contributed by atoms with Gasteiger partial charge in [-0.25, -0.2) is 0 Å². The Kier molecular flexibility index (Phi) is 5.72. The SMILES string of the molecule is C/C=C/CN(CCBr)C1CCCC1. The second-order valence-corrected chi connectivity index (χ2v) is 4.48. The largest absolute Gasteiger partial charge is 0.296 e. The van der Waals surface area contributed by atoms with Crippen LogP contribution in [-0.2, 0) is 0 Å². The molecule has 0 bridgehead atoms. The van der Waals surface area contributed by atoms with Gasteiger partial charge in [0, 0.05) is 24.5 Å². The summed E-state index contributed by atoms with van der Waals surface area (Å²) < 4.78 is 0. The Morgan fingerprint density at radius 2 is 2.08 bits per heavy atom. The molecule has 1 rings (SSSR count). The molecule has 0 N–H and O–H groups in total. The summed E-state index contributed by atoms with van der Waals surface area (Å²) >= 11 is 3.52. The first-order valence-corrected chi connectivity index (χ1v) is 6.41. The average Bonchev–Trinajstić information content (AvgIpc) is 2.65. The predicted molar refractivity (Wildman–Crippen MR) is 62.4 cm³/mol. The number of hydrogen-bond donors (Lipinski definition) is 0. The highest BCUT2D eigenvalue weighted by Crippen LogP contribution is 2.23. The Balaban J connectivity index is 2.35. The van der Waals surface area contributed by atoms with E-state index in [4.69, 9.17) is 0 Å². The molecule has 0 aromatic rings. The molecule has 0 heterocycles. The molecule has 0 spiro atoms. The van der Waals surface area contributed by atoms with Crippen LogP contribution in [0, 0.1) is 0 Å². The van der Waals surface area contributed by atoms with E-state index in [1.54, 1.807) is 0 Å².